The number of rotatable bonds is 6. The van der Waals surface area contributed by atoms with Crippen LogP contribution in [0.5, 0.6) is 0 Å². The van der Waals surface area contributed by atoms with Gasteiger partial charge in [-0.05, 0) is 12.7 Å². The van der Waals surface area contributed by atoms with Gasteiger partial charge in [-0.1, -0.05) is 6.92 Å². The van der Waals surface area contributed by atoms with Crippen molar-refractivity contribution >= 4 is 23.3 Å². The summed E-state index contributed by atoms with van der Waals surface area (Å²) in [6.45, 7) is 2.92. The van der Waals surface area contributed by atoms with Gasteiger partial charge in [-0.25, -0.2) is 4.98 Å². The molecule has 0 bridgehead atoms. The first-order chi connectivity index (χ1) is 7.63. The summed E-state index contributed by atoms with van der Waals surface area (Å²) < 4.78 is 0. The van der Waals surface area contributed by atoms with E-state index in [1.165, 1.54) is 18.3 Å². The molecule has 1 atom stereocenters. The summed E-state index contributed by atoms with van der Waals surface area (Å²) in [7, 11) is 0. The van der Waals surface area contributed by atoms with E-state index in [9.17, 15) is 10.1 Å². The maximum atomic E-state index is 10.5. The molecule has 1 rings (SSSR count). The zero-order chi connectivity index (χ0) is 12.0. The van der Waals surface area contributed by atoms with E-state index in [2.05, 4.69) is 23.5 Å². The van der Waals surface area contributed by atoms with E-state index < -0.39 is 4.92 Å². The second-order valence-corrected chi connectivity index (χ2v) is 4.69. The fourth-order valence-electron chi connectivity index (χ4n) is 1.15. The zero-order valence-electron chi connectivity index (χ0n) is 9.34. The maximum Gasteiger partial charge on any atom is 0.274 e. The summed E-state index contributed by atoms with van der Waals surface area (Å²) in [6, 6.07) is 2.83. The quantitative estimate of drug-likeness (QED) is 0.612. The molecular formula is C10H15N3O2S. The van der Waals surface area contributed by atoms with Crippen LogP contribution in [0.2, 0.25) is 0 Å². The smallest absolute Gasteiger partial charge is 0.274 e. The summed E-state index contributed by atoms with van der Waals surface area (Å²) >= 11 is 1.80. The Bertz CT molecular complexity index is 360. The molecule has 0 radical (unpaired) electrons. The van der Waals surface area contributed by atoms with E-state index in [4.69, 9.17) is 0 Å². The van der Waals surface area contributed by atoms with E-state index in [-0.39, 0.29) is 5.69 Å². The van der Waals surface area contributed by atoms with Crippen molar-refractivity contribution in [2.75, 3.05) is 18.1 Å². The van der Waals surface area contributed by atoms with Gasteiger partial charge in [0.15, 0.2) is 0 Å². The van der Waals surface area contributed by atoms with Gasteiger partial charge in [0, 0.05) is 24.1 Å². The van der Waals surface area contributed by atoms with Crippen LogP contribution in [-0.2, 0) is 0 Å². The lowest BCUT2D eigenvalue weighted by Crippen LogP contribution is -2.08. The maximum absolute atomic E-state index is 10.5. The van der Waals surface area contributed by atoms with Crippen LogP contribution in [0.25, 0.3) is 0 Å². The number of thioether (sulfide) groups is 1. The van der Waals surface area contributed by atoms with E-state index in [1.54, 1.807) is 11.8 Å². The van der Waals surface area contributed by atoms with Gasteiger partial charge in [0.05, 0.1) is 11.0 Å². The van der Waals surface area contributed by atoms with Crippen LogP contribution in [0.4, 0.5) is 11.5 Å². The van der Waals surface area contributed by atoms with Crippen LogP contribution in [-0.4, -0.2) is 28.0 Å². The lowest BCUT2D eigenvalue weighted by atomic mass is 10.3. The number of hydrogen-bond donors (Lipinski definition) is 1. The average Bonchev–Trinajstić information content (AvgIpc) is 2.29. The normalized spacial score (nSPS) is 12.1. The van der Waals surface area contributed by atoms with E-state index >= 15 is 0 Å². The van der Waals surface area contributed by atoms with E-state index in [0.717, 1.165) is 13.0 Å². The molecule has 0 aliphatic rings. The molecule has 0 spiro atoms. The molecule has 16 heavy (non-hydrogen) atoms. The Morgan fingerprint density at radius 3 is 3.06 bits per heavy atom. The average molecular weight is 241 g/mol. The monoisotopic (exact) mass is 241 g/mol. The largest absolute Gasteiger partial charge is 0.370 e. The van der Waals surface area contributed by atoms with E-state index in [0.29, 0.717) is 11.1 Å². The second-order valence-electron chi connectivity index (χ2n) is 3.42. The van der Waals surface area contributed by atoms with E-state index in [1.807, 2.05) is 0 Å². The molecule has 5 nitrogen and oxygen atoms in total. The number of nitro groups is 1. The highest BCUT2D eigenvalue weighted by atomic mass is 32.2. The highest BCUT2D eigenvalue weighted by Crippen LogP contribution is 2.15. The lowest BCUT2D eigenvalue weighted by molar-refractivity contribution is -0.384. The Hall–Kier alpha value is -1.30. The van der Waals surface area contributed by atoms with Crippen LogP contribution in [0.1, 0.15) is 13.3 Å². The highest BCUT2D eigenvalue weighted by molar-refractivity contribution is 7.99. The zero-order valence-corrected chi connectivity index (χ0v) is 10.2. The Balaban J connectivity index is 2.48. The Morgan fingerprint density at radius 2 is 2.44 bits per heavy atom. The number of anilines is 1. The fourth-order valence-corrected chi connectivity index (χ4v) is 1.50. The van der Waals surface area contributed by atoms with Crippen molar-refractivity contribution in [2.24, 2.45) is 0 Å². The van der Waals surface area contributed by atoms with Crippen LogP contribution in [0.15, 0.2) is 18.3 Å². The lowest BCUT2D eigenvalue weighted by Gasteiger charge is -2.09. The predicted molar refractivity (Wildman–Crippen MR) is 67.0 cm³/mol. The van der Waals surface area contributed by atoms with Gasteiger partial charge in [0.2, 0.25) is 0 Å². The molecule has 0 saturated heterocycles. The number of nitrogens with zero attached hydrogens (tertiary/aromatic N) is 2. The van der Waals surface area contributed by atoms with Crippen molar-refractivity contribution in [3.8, 4) is 0 Å². The van der Waals surface area contributed by atoms with Crippen molar-refractivity contribution < 1.29 is 4.92 Å². The second kappa shape index (κ2) is 6.32. The third-order valence-corrected chi connectivity index (χ3v) is 3.25. The summed E-state index contributed by atoms with van der Waals surface area (Å²) in [6.07, 6.45) is 4.51. The highest BCUT2D eigenvalue weighted by Gasteiger charge is 2.06. The van der Waals surface area contributed by atoms with Crippen molar-refractivity contribution in [2.45, 2.75) is 18.6 Å². The fraction of sp³-hybridized carbons (Fsp3) is 0.500. The standard InChI is InChI=1S/C10H15N3O2S/c1-8(16-2)3-5-11-10-7-9(13(14)15)4-6-12-10/h4,6-8H,3,5H2,1-2H3,(H,11,12). The van der Waals surface area contributed by atoms with Crippen molar-refractivity contribution in [1.82, 2.24) is 4.98 Å². The molecule has 1 N–H and O–H groups in total. The van der Waals surface area contributed by atoms with Crippen molar-refractivity contribution in [1.29, 1.82) is 0 Å². The minimum atomic E-state index is -0.419. The van der Waals surface area contributed by atoms with Crippen molar-refractivity contribution in [3.63, 3.8) is 0 Å². The Kier molecular flexibility index (Phi) is 5.04. The number of pyridine rings is 1. The molecule has 0 saturated carbocycles. The third kappa shape index (κ3) is 4.06. The van der Waals surface area contributed by atoms with Gasteiger partial charge >= 0.3 is 0 Å². The molecule has 0 aromatic carbocycles. The van der Waals surface area contributed by atoms with Crippen LogP contribution in [0, 0.1) is 10.1 Å². The summed E-state index contributed by atoms with van der Waals surface area (Å²) in [5.74, 6) is 0.558. The first-order valence-corrected chi connectivity index (χ1v) is 6.29. The molecule has 1 heterocycles. The van der Waals surface area contributed by atoms with Gasteiger partial charge in [0.1, 0.15) is 5.82 Å². The summed E-state index contributed by atoms with van der Waals surface area (Å²) in [5.41, 5.74) is 0.0652. The molecule has 0 fully saturated rings. The molecule has 6 heteroatoms. The SMILES string of the molecule is CSC(C)CCNc1cc([N+](=O)[O-])ccn1. The van der Waals surface area contributed by atoms with Crippen LogP contribution >= 0.6 is 11.8 Å². The third-order valence-electron chi connectivity index (χ3n) is 2.21. The molecule has 1 unspecified atom stereocenters. The molecular weight excluding hydrogens is 226 g/mol. The number of nitrogens with one attached hydrogen (secondary N) is 1. The number of hydrogen-bond acceptors (Lipinski definition) is 5. The Labute approximate surface area is 98.8 Å². The summed E-state index contributed by atoms with van der Waals surface area (Å²) in [5, 5.41) is 14.2. The molecule has 1 aromatic rings. The van der Waals surface area contributed by atoms with Gasteiger partial charge in [-0.2, -0.15) is 11.8 Å². The van der Waals surface area contributed by atoms with Gasteiger partial charge < -0.3 is 5.32 Å². The van der Waals surface area contributed by atoms with Gasteiger partial charge in [0.25, 0.3) is 5.69 Å². The predicted octanol–water partition coefficient (Wildman–Crippen LogP) is 2.54. The van der Waals surface area contributed by atoms with Gasteiger partial charge in [-0.3, -0.25) is 10.1 Å². The first-order valence-electron chi connectivity index (χ1n) is 5.00. The van der Waals surface area contributed by atoms with Crippen LogP contribution in [0.3, 0.4) is 0 Å². The Morgan fingerprint density at radius 1 is 1.69 bits per heavy atom. The minimum absolute atomic E-state index is 0.0652. The summed E-state index contributed by atoms with van der Waals surface area (Å²) in [4.78, 5) is 14.1. The topological polar surface area (TPSA) is 68.1 Å². The minimum Gasteiger partial charge on any atom is -0.370 e. The molecule has 0 aliphatic carbocycles. The first kappa shape index (κ1) is 12.8. The van der Waals surface area contributed by atoms with Crippen molar-refractivity contribution in [3.05, 3.63) is 28.4 Å². The number of aromatic nitrogens is 1. The van der Waals surface area contributed by atoms with Crippen LogP contribution < -0.4 is 5.32 Å². The molecule has 0 amide bonds. The molecule has 1 aromatic heterocycles. The molecule has 0 aliphatic heterocycles. The molecule has 88 valence electrons. The van der Waals surface area contributed by atoms with Gasteiger partial charge in [-0.15, -0.1) is 0 Å².